The van der Waals surface area contributed by atoms with E-state index in [-0.39, 0.29) is 11.9 Å². The van der Waals surface area contributed by atoms with Gasteiger partial charge in [0.05, 0.1) is 6.10 Å². The Morgan fingerprint density at radius 1 is 1.27 bits per heavy atom. The maximum Gasteiger partial charge on any atom is 0.345 e. The van der Waals surface area contributed by atoms with Gasteiger partial charge in [0, 0.05) is 23.9 Å². The second-order valence-corrected chi connectivity index (χ2v) is 9.01. The van der Waals surface area contributed by atoms with Gasteiger partial charge in [0.25, 0.3) is 5.91 Å². The van der Waals surface area contributed by atoms with Crippen LogP contribution in [0, 0.1) is 23.2 Å². The van der Waals surface area contributed by atoms with Crippen LogP contribution >= 0.6 is 0 Å². The van der Waals surface area contributed by atoms with Crippen LogP contribution in [0.3, 0.4) is 0 Å². The van der Waals surface area contributed by atoms with E-state index in [1.807, 2.05) is 18.2 Å². The first kappa shape index (κ1) is 19.5. The van der Waals surface area contributed by atoms with Gasteiger partial charge >= 0.3 is 6.61 Å². The van der Waals surface area contributed by atoms with Gasteiger partial charge in [-0.1, -0.05) is 17.9 Å². The minimum absolute atomic E-state index is 0.140. The van der Waals surface area contributed by atoms with Crippen LogP contribution in [0.1, 0.15) is 55.2 Å². The number of alkyl halides is 2. The van der Waals surface area contributed by atoms with E-state index in [1.165, 1.54) is 4.90 Å². The van der Waals surface area contributed by atoms with Crippen LogP contribution in [0.15, 0.2) is 23.2 Å². The molecule has 7 heteroatoms. The Kier molecular flexibility index (Phi) is 4.41. The molecule has 2 saturated carbocycles. The molecule has 1 aromatic rings. The van der Waals surface area contributed by atoms with Crippen LogP contribution in [-0.2, 0) is 21.5 Å². The summed E-state index contributed by atoms with van der Waals surface area (Å²) in [6, 6.07) is 6.04. The largest absolute Gasteiger partial charge is 0.369 e. The monoisotopic (exact) mass is 413 g/mol. The lowest BCUT2D eigenvalue weighted by atomic mass is 9.61. The molecule has 0 saturated heterocycles. The van der Waals surface area contributed by atoms with Crippen LogP contribution in [0.4, 0.5) is 8.78 Å². The summed E-state index contributed by atoms with van der Waals surface area (Å²) in [6.45, 7) is -2.78. The average molecular weight is 413 g/mol. The molecule has 2 N–H and O–H groups in total. The lowest BCUT2D eigenvalue weighted by molar-refractivity contribution is -0.178. The van der Waals surface area contributed by atoms with Crippen LogP contribution in [-0.4, -0.2) is 36.5 Å². The zero-order valence-electron chi connectivity index (χ0n) is 17.0. The zero-order valence-corrected chi connectivity index (χ0v) is 17.0. The Hall–Kier alpha value is -2.46. The summed E-state index contributed by atoms with van der Waals surface area (Å²) in [5.41, 5.74) is 7.35. The first-order valence-electron chi connectivity index (χ1n) is 10.6. The smallest absolute Gasteiger partial charge is 0.345 e. The summed E-state index contributed by atoms with van der Waals surface area (Å²) in [5, 5.41) is 0. The quantitative estimate of drug-likeness (QED) is 0.758. The number of nitrogens with two attached hydrogens (primary N) is 1. The van der Waals surface area contributed by atoms with Gasteiger partial charge in [-0.15, -0.1) is 0 Å². The van der Waals surface area contributed by atoms with Crippen LogP contribution < -0.4 is 5.73 Å². The van der Waals surface area contributed by atoms with Crippen molar-refractivity contribution in [3.63, 3.8) is 0 Å². The summed E-state index contributed by atoms with van der Waals surface area (Å²) >= 11 is 0. The molecule has 1 aromatic carbocycles. The number of benzene rings is 1. The van der Waals surface area contributed by atoms with Crippen LogP contribution in [0.25, 0.3) is 0 Å². The molecule has 1 unspecified atom stereocenters. The molecule has 1 atom stereocenters. The highest BCUT2D eigenvalue weighted by Crippen LogP contribution is 2.61. The number of ether oxygens (including phenoxy) is 1. The number of carbonyl (C=O) groups is 1. The van der Waals surface area contributed by atoms with Crippen molar-refractivity contribution in [3.05, 3.63) is 34.9 Å². The zero-order chi connectivity index (χ0) is 21.1. The third-order valence-electron chi connectivity index (χ3n) is 7.22. The third kappa shape index (κ3) is 2.84. The highest BCUT2D eigenvalue weighted by atomic mass is 19.3. The minimum Gasteiger partial charge on any atom is -0.369 e. The number of carbonyl (C=O) groups excluding carboxylic acids is 1. The third-order valence-corrected chi connectivity index (χ3v) is 7.22. The Morgan fingerprint density at radius 2 is 2.00 bits per heavy atom. The Labute approximate surface area is 174 Å². The van der Waals surface area contributed by atoms with Gasteiger partial charge in [0.1, 0.15) is 0 Å². The fraction of sp³-hybridized carbons (Fsp3) is 0.565. The predicted octanol–water partition coefficient (Wildman–Crippen LogP) is 3.15. The van der Waals surface area contributed by atoms with Crippen molar-refractivity contribution in [2.75, 3.05) is 7.05 Å². The topological polar surface area (TPSA) is 67.9 Å². The molecule has 30 heavy (non-hydrogen) atoms. The van der Waals surface area contributed by atoms with Crippen molar-refractivity contribution >= 4 is 11.9 Å². The van der Waals surface area contributed by atoms with E-state index in [4.69, 9.17) is 15.5 Å². The number of halogens is 2. The summed E-state index contributed by atoms with van der Waals surface area (Å²) in [7, 11) is 1.64. The number of fused-ring (bicyclic) bond motifs is 3. The molecular weight excluding hydrogens is 388 g/mol. The molecule has 1 aliphatic heterocycles. The molecule has 1 heterocycles. The molecule has 5 nitrogen and oxygen atoms in total. The summed E-state index contributed by atoms with van der Waals surface area (Å²) < 4.78 is 30.2. The molecule has 3 aliphatic carbocycles. The van der Waals surface area contributed by atoms with Gasteiger partial charge < -0.3 is 10.5 Å². The van der Waals surface area contributed by atoms with Gasteiger partial charge in [-0.2, -0.15) is 8.78 Å². The number of amides is 1. The predicted molar refractivity (Wildman–Crippen MR) is 108 cm³/mol. The molecule has 1 amide bonds. The van der Waals surface area contributed by atoms with Crippen LogP contribution in [0.5, 0.6) is 0 Å². The summed E-state index contributed by atoms with van der Waals surface area (Å²) in [6.07, 6.45) is 4.59. The summed E-state index contributed by atoms with van der Waals surface area (Å²) in [5.74, 6) is 7.06. The first-order valence-corrected chi connectivity index (χ1v) is 10.6. The highest BCUT2D eigenvalue weighted by molar-refractivity contribution is 6.08. The van der Waals surface area contributed by atoms with E-state index in [1.54, 1.807) is 7.05 Å². The van der Waals surface area contributed by atoms with E-state index in [0.29, 0.717) is 38.0 Å². The SMILES string of the molecule is CN1C(=O)C2(N=C1N)c1cc(C#CC3CC3)ccc1C[C@]21CC[C@@H](OC(F)F)CC1. The molecule has 0 radical (unpaired) electrons. The molecule has 0 bridgehead atoms. The Bertz CT molecular complexity index is 984. The highest BCUT2D eigenvalue weighted by Gasteiger charge is 2.66. The van der Waals surface area contributed by atoms with E-state index in [9.17, 15) is 13.6 Å². The van der Waals surface area contributed by atoms with Gasteiger partial charge in [0.2, 0.25) is 0 Å². The van der Waals surface area contributed by atoms with Gasteiger partial charge in [-0.25, -0.2) is 4.99 Å². The maximum absolute atomic E-state index is 13.6. The second-order valence-electron chi connectivity index (χ2n) is 9.01. The van der Waals surface area contributed by atoms with Gasteiger partial charge in [-0.3, -0.25) is 9.69 Å². The number of nitrogens with zero attached hydrogens (tertiary/aromatic N) is 2. The van der Waals surface area contributed by atoms with E-state index < -0.39 is 23.7 Å². The molecular formula is C23H25F2N3O2. The lowest BCUT2D eigenvalue weighted by Crippen LogP contribution is -2.51. The number of hydrogen-bond donors (Lipinski definition) is 1. The average Bonchev–Trinajstić information content (AvgIpc) is 3.47. The van der Waals surface area contributed by atoms with Crippen molar-refractivity contribution in [1.82, 2.24) is 4.90 Å². The fourth-order valence-corrected chi connectivity index (χ4v) is 5.46. The number of guanidine groups is 1. The van der Waals surface area contributed by atoms with Gasteiger partial charge in [0.15, 0.2) is 11.5 Å². The number of likely N-dealkylation sites (N-methyl/N-ethyl adjacent to an activating group) is 1. The normalized spacial score (nSPS) is 32.5. The Morgan fingerprint density at radius 3 is 2.60 bits per heavy atom. The fourth-order valence-electron chi connectivity index (χ4n) is 5.46. The molecule has 5 rings (SSSR count). The second kappa shape index (κ2) is 6.78. The van der Waals surface area contributed by atoms with E-state index >= 15 is 0 Å². The number of rotatable bonds is 2. The van der Waals surface area contributed by atoms with Crippen molar-refractivity contribution < 1.29 is 18.3 Å². The molecule has 158 valence electrons. The first-order chi connectivity index (χ1) is 14.3. The minimum atomic E-state index is -2.78. The summed E-state index contributed by atoms with van der Waals surface area (Å²) in [4.78, 5) is 19.8. The number of hydrogen-bond acceptors (Lipinski definition) is 4. The van der Waals surface area contributed by atoms with Crippen molar-refractivity contribution in [2.45, 2.75) is 63.2 Å². The Balaban J connectivity index is 1.56. The van der Waals surface area contributed by atoms with E-state index in [0.717, 1.165) is 29.5 Å². The van der Waals surface area contributed by atoms with Gasteiger partial charge in [-0.05, 0) is 68.2 Å². The standard InChI is InChI=1S/C23H25F2N3O2/c1-28-19(29)23(27-21(28)26)18-12-15(5-4-14-2-3-14)6-7-16(18)13-22(23)10-8-17(9-11-22)30-20(24)25/h6-7,12,14,17,20H,2-3,8-11,13H2,1H3,(H2,26,27)/t17-,22-,23?. The maximum atomic E-state index is 13.6. The van der Waals surface area contributed by atoms with Crippen molar-refractivity contribution in [1.29, 1.82) is 0 Å². The van der Waals surface area contributed by atoms with Crippen molar-refractivity contribution in [3.8, 4) is 11.8 Å². The van der Waals surface area contributed by atoms with E-state index in [2.05, 4.69) is 11.8 Å². The molecule has 2 spiro atoms. The van der Waals surface area contributed by atoms with Crippen LogP contribution in [0.2, 0.25) is 0 Å². The lowest BCUT2D eigenvalue weighted by Gasteiger charge is -2.45. The molecule has 2 fully saturated rings. The molecule has 0 aromatic heterocycles. The number of aliphatic imine (C=N–C) groups is 1. The van der Waals surface area contributed by atoms with Crippen molar-refractivity contribution in [2.24, 2.45) is 22.1 Å². The molecule has 4 aliphatic rings.